The lowest BCUT2D eigenvalue weighted by Gasteiger charge is -2.14. The van der Waals surface area contributed by atoms with E-state index in [1.807, 2.05) is 12.1 Å². The maximum Gasteiger partial charge on any atom is 0.337 e. The molecule has 4 N–H and O–H groups in total. The summed E-state index contributed by atoms with van der Waals surface area (Å²) < 4.78 is 9.00. The average molecular weight is 503 g/mol. The predicted octanol–water partition coefficient (Wildman–Crippen LogP) is 1.84. The summed E-state index contributed by atoms with van der Waals surface area (Å²) in [5.74, 6) is -0.904. The molecule has 3 aromatic rings. The summed E-state index contributed by atoms with van der Waals surface area (Å²) in [6.45, 7) is 0. The summed E-state index contributed by atoms with van der Waals surface area (Å²) in [6, 6.07) is 5.21. The monoisotopic (exact) mass is 502 g/mol. The van der Waals surface area contributed by atoms with E-state index in [-0.39, 0.29) is 42.3 Å². The van der Waals surface area contributed by atoms with Gasteiger partial charge >= 0.3 is 11.9 Å². The highest BCUT2D eigenvalue weighted by Crippen LogP contribution is 2.32. The van der Waals surface area contributed by atoms with E-state index in [1.165, 1.54) is 20.5 Å². The number of nitrogens with two attached hydrogens (primary N) is 1. The van der Waals surface area contributed by atoms with Crippen LogP contribution in [0.25, 0.3) is 11.0 Å². The standard InChI is InChI=1S/C17H16N6O3.C5H7ClO3/c1-26-17(25)9-2-4-10-8(6-9)3-5-11(10)21-16(24)14-12-13(19-7-20-14)15(18)23-22-12;1-9-5(8)3-2-4(6)7/h2,4,6-7,11H,3,5H2,1H3,(H,21,24)(H3,18,22,23);2-3H2,1H3/t11-;/m1./s1. The molecule has 0 bridgehead atoms. The maximum atomic E-state index is 12.7. The fourth-order valence-corrected chi connectivity index (χ4v) is 3.66. The molecule has 2 aromatic heterocycles. The van der Waals surface area contributed by atoms with Crippen LogP contribution in [0.1, 0.15) is 57.3 Å². The van der Waals surface area contributed by atoms with E-state index in [9.17, 15) is 19.2 Å². The Morgan fingerprint density at radius 1 is 1.17 bits per heavy atom. The molecule has 1 aliphatic rings. The average Bonchev–Trinajstić information content (AvgIpc) is 3.45. The molecular weight excluding hydrogens is 480 g/mol. The molecule has 1 amide bonds. The number of esters is 2. The van der Waals surface area contributed by atoms with Gasteiger partial charge in [0.05, 0.1) is 32.2 Å². The predicted molar refractivity (Wildman–Crippen MR) is 125 cm³/mol. The normalized spacial score (nSPS) is 13.9. The van der Waals surface area contributed by atoms with Gasteiger partial charge in [0, 0.05) is 6.42 Å². The number of aryl methyl sites for hydroxylation is 1. The molecule has 2 heterocycles. The summed E-state index contributed by atoms with van der Waals surface area (Å²) in [6.07, 6.45) is 2.91. The minimum absolute atomic E-state index is 0.0498. The zero-order valence-corrected chi connectivity index (χ0v) is 19.7. The Hall–Kier alpha value is -4.06. The number of nitrogens with one attached hydrogen (secondary N) is 2. The van der Waals surface area contributed by atoms with Crippen LogP contribution in [0.3, 0.4) is 0 Å². The number of carbonyl (C=O) groups is 4. The van der Waals surface area contributed by atoms with Crippen LogP contribution < -0.4 is 11.1 Å². The van der Waals surface area contributed by atoms with Crippen LogP contribution in [-0.4, -0.2) is 57.5 Å². The number of methoxy groups -OCH3 is 2. The summed E-state index contributed by atoms with van der Waals surface area (Å²) in [7, 11) is 2.62. The van der Waals surface area contributed by atoms with Crippen molar-refractivity contribution < 1.29 is 28.7 Å². The molecule has 0 saturated carbocycles. The van der Waals surface area contributed by atoms with Crippen molar-refractivity contribution in [3.63, 3.8) is 0 Å². The first-order valence-corrected chi connectivity index (χ1v) is 10.8. The van der Waals surface area contributed by atoms with Gasteiger partial charge in [-0.25, -0.2) is 14.8 Å². The van der Waals surface area contributed by atoms with Crippen molar-refractivity contribution in [3.8, 4) is 0 Å². The van der Waals surface area contributed by atoms with Crippen LogP contribution in [0.2, 0.25) is 0 Å². The van der Waals surface area contributed by atoms with Gasteiger partial charge in [0.25, 0.3) is 5.91 Å². The number of halogens is 1. The van der Waals surface area contributed by atoms with Crippen LogP contribution >= 0.6 is 11.6 Å². The Labute approximate surface area is 204 Å². The van der Waals surface area contributed by atoms with Crippen molar-refractivity contribution in [3.05, 3.63) is 46.9 Å². The van der Waals surface area contributed by atoms with Gasteiger partial charge in [-0.1, -0.05) is 6.07 Å². The van der Waals surface area contributed by atoms with Gasteiger partial charge in [-0.3, -0.25) is 19.5 Å². The first kappa shape index (κ1) is 25.6. The summed E-state index contributed by atoms with van der Waals surface area (Å²) >= 11 is 4.93. The lowest BCUT2D eigenvalue weighted by atomic mass is 10.0. The van der Waals surface area contributed by atoms with Crippen LogP contribution in [0.5, 0.6) is 0 Å². The van der Waals surface area contributed by atoms with E-state index >= 15 is 0 Å². The quantitative estimate of drug-likeness (QED) is 0.332. The van der Waals surface area contributed by atoms with Gasteiger partial charge in [-0.15, -0.1) is 0 Å². The molecule has 4 rings (SSSR count). The zero-order valence-electron chi connectivity index (χ0n) is 19.0. The van der Waals surface area contributed by atoms with Gasteiger partial charge in [0.1, 0.15) is 17.4 Å². The van der Waals surface area contributed by atoms with Gasteiger partial charge in [0.2, 0.25) is 5.24 Å². The van der Waals surface area contributed by atoms with E-state index in [0.29, 0.717) is 16.6 Å². The van der Waals surface area contributed by atoms with E-state index in [1.54, 1.807) is 6.07 Å². The van der Waals surface area contributed by atoms with Crippen molar-refractivity contribution >= 4 is 51.5 Å². The molecule has 0 spiro atoms. The molecule has 0 unspecified atom stereocenters. The number of hydrogen-bond donors (Lipinski definition) is 3. The van der Waals surface area contributed by atoms with Crippen molar-refractivity contribution in [2.24, 2.45) is 0 Å². The number of nitrogens with zero attached hydrogens (tertiary/aromatic N) is 3. The second-order valence-electron chi connectivity index (χ2n) is 7.46. The lowest BCUT2D eigenvalue weighted by molar-refractivity contribution is -0.141. The summed E-state index contributed by atoms with van der Waals surface area (Å²) in [5.41, 5.74) is 9.25. The minimum Gasteiger partial charge on any atom is -0.469 e. The minimum atomic E-state index is -0.514. The van der Waals surface area contributed by atoms with Crippen molar-refractivity contribution in [2.75, 3.05) is 20.0 Å². The highest BCUT2D eigenvalue weighted by atomic mass is 35.5. The third-order valence-electron chi connectivity index (χ3n) is 5.29. The second kappa shape index (κ2) is 11.4. The fourth-order valence-electron chi connectivity index (χ4n) is 3.57. The molecule has 12 nitrogen and oxygen atoms in total. The number of anilines is 1. The fraction of sp³-hybridized carbons (Fsp3) is 0.318. The van der Waals surface area contributed by atoms with Gasteiger partial charge < -0.3 is 20.5 Å². The van der Waals surface area contributed by atoms with Gasteiger partial charge in [0.15, 0.2) is 11.5 Å². The number of amides is 1. The Bertz CT molecular complexity index is 1280. The smallest absolute Gasteiger partial charge is 0.337 e. The zero-order chi connectivity index (χ0) is 25.5. The topological polar surface area (TPSA) is 179 Å². The number of aromatic nitrogens is 4. The van der Waals surface area contributed by atoms with E-state index < -0.39 is 11.2 Å². The molecule has 184 valence electrons. The number of ether oxygens (including phenoxy) is 2. The van der Waals surface area contributed by atoms with Crippen molar-refractivity contribution in [1.29, 1.82) is 0 Å². The molecule has 13 heteroatoms. The number of nitrogen functional groups attached to an aromatic ring is 1. The molecule has 0 aliphatic heterocycles. The highest BCUT2D eigenvalue weighted by molar-refractivity contribution is 6.63. The maximum absolute atomic E-state index is 12.7. The summed E-state index contributed by atoms with van der Waals surface area (Å²) in [5, 5.41) is 9.03. The van der Waals surface area contributed by atoms with Crippen LogP contribution in [0.15, 0.2) is 24.5 Å². The first-order valence-electron chi connectivity index (χ1n) is 10.5. The van der Waals surface area contributed by atoms with E-state index in [2.05, 4.69) is 30.2 Å². The second-order valence-corrected chi connectivity index (χ2v) is 7.88. The molecule has 1 atom stereocenters. The highest BCUT2D eigenvalue weighted by Gasteiger charge is 2.27. The molecule has 0 saturated heterocycles. The Kier molecular flexibility index (Phi) is 8.31. The van der Waals surface area contributed by atoms with Crippen molar-refractivity contribution in [1.82, 2.24) is 25.5 Å². The van der Waals surface area contributed by atoms with Crippen LogP contribution in [0.4, 0.5) is 5.82 Å². The number of aromatic amines is 1. The number of hydrogen-bond acceptors (Lipinski definition) is 10. The van der Waals surface area contributed by atoms with Crippen LogP contribution in [0, 0.1) is 0 Å². The Morgan fingerprint density at radius 3 is 2.63 bits per heavy atom. The van der Waals surface area contributed by atoms with E-state index in [4.69, 9.17) is 22.1 Å². The first-order chi connectivity index (χ1) is 16.7. The number of benzene rings is 1. The third kappa shape index (κ3) is 6.09. The molecular formula is C22H23ClN6O6. The third-order valence-corrected chi connectivity index (χ3v) is 5.48. The molecule has 35 heavy (non-hydrogen) atoms. The van der Waals surface area contributed by atoms with E-state index in [0.717, 1.165) is 24.0 Å². The van der Waals surface area contributed by atoms with Gasteiger partial charge in [-0.05, 0) is 47.7 Å². The number of fused-ring (bicyclic) bond motifs is 2. The Balaban J connectivity index is 0.000000327. The number of H-pyrrole nitrogens is 1. The molecule has 0 radical (unpaired) electrons. The molecule has 0 fully saturated rings. The number of carbonyl (C=O) groups excluding carboxylic acids is 4. The molecule has 1 aliphatic carbocycles. The van der Waals surface area contributed by atoms with Crippen LogP contribution in [-0.2, 0) is 25.5 Å². The van der Waals surface area contributed by atoms with Crippen molar-refractivity contribution in [2.45, 2.75) is 31.7 Å². The van der Waals surface area contributed by atoms with Gasteiger partial charge in [-0.2, -0.15) is 5.10 Å². The summed E-state index contributed by atoms with van der Waals surface area (Å²) in [4.78, 5) is 52.7. The Morgan fingerprint density at radius 2 is 1.94 bits per heavy atom. The molecule has 1 aromatic carbocycles. The lowest BCUT2D eigenvalue weighted by Crippen LogP contribution is -2.28. The largest absolute Gasteiger partial charge is 0.469 e. The number of rotatable bonds is 6. The SMILES string of the molecule is COC(=O)CCC(=O)Cl.COC(=O)c1ccc2c(c1)CC[C@H]2NC(=O)c1ncnc2c(N)n[nH]c12.